The SMILES string of the molecule is COc1ccc(Cn2ccc(C)c(NC(=O)[C@H](Cc3ccc(C(C)(C)C(C)=O)cc3)NC(=O)OC(C)(C)C)c2=O)cc1. The van der Waals surface area contributed by atoms with Crippen LogP contribution in [-0.2, 0) is 32.7 Å². The number of aromatic nitrogens is 1. The molecule has 1 aromatic heterocycles. The molecular weight excluding hydrogens is 534 g/mol. The number of rotatable bonds is 10. The first-order chi connectivity index (χ1) is 19.6. The van der Waals surface area contributed by atoms with Gasteiger partial charge in [0.25, 0.3) is 5.56 Å². The summed E-state index contributed by atoms with van der Waals surface area (Å²) in [5.41, 5.74) is 1.42. The Balaban J connectivity index is 1.87. The van der Waals surface area contributed by atoms with Crippen molar-refractivity contribution in [2.75, 3.05) is 12.4 Å². The molecular formula is C33H41N3O6. The van der Waals surface area contributed by atoms with Gasteiger partial charge in [-0.1, -0.05) is 36.4 Å². The molecule has 0 radical (unpaired) electrons. The maximum Gasteiger partial charge on any atom is 0.408 e. The van der Waals surface area contributed by atoms with E-state index in [1.165, 1.54) is 4.57 Å². The van der Waals surface area contributed by atoms with Crippen molar-refractivity contribution in [2.45, 2.75) is 78.5 Å². The number of hydrogen-bond acceptors (Lipinski definition) is 6. The Morgan fingerprint density at radius 3 is 2.05 bits per heavy atom. The Labute approximate surface area is 247 Å². The minimum absolute atomic E-state index is 0.0370. The average molecular weight is 576 g/mol. The Bertz CT molecular complexity index is 1480. The number of nitrogens with zero attached hydrogens (tertiary/aromatic N) is 1. The Hall–Kier alpha value is -4.40. The minimum atomic E-state index is -1.04. The molecule has 2 N–H and O–H groups in total. The summed E-state index contributed by atoms with van der Waals surface area (Å²) in [5, 5.41) is 5.42. The number of nitrogens with one attached hydrogen (secondary N) is 2. The normalized spacial score (nSPS) is 12.3. The van der Waals surface area contributed by atoms with Gasteiger partial charge in [-0.2, -0.15) is 0 Å². The Kier molecular flexibility index (Phi) is 9.99. The number of amides is 2. The summed E-state index contributed by atoms with van der Waals surface area (Å²) in [6.07, 6.45) is 1.06. The van der Waals surface area contributed by atoms with Crippen LogP contribution in [0.2, 0.25) is 0 Å². The van der Waals surface area contributed by atoms with Crippen LogP contribution in [0.4, 0.5) is 10.5 Å². The maximum atomic E-state index is 13.6. The number of carbonyl (C=O) groups excluding carboxylic acids is 3. The van der Waals surface area contributed by atoms with Crippen LogP contribution in [0, 0.1) is 6.92 Å². The van der Waals surface area contributed by atoms with E-state index in [4.69, 9.17) is 9.47 Å². The van der Waals surface area contributed by atoms with Crippen LogP contribution in [0.15, 0.2) is 65.6 Å². The molecule has 9 heteroatoms. The summed E-state index contributed by atoms with van der Waals surface area (Å²) < 4.78 is 12.1. The van der Waals surface area contributed by atoms with Crippen molar-refractivity contribution in [3.63, 3.8) is 0 Å². The molecule has 224 valence electrons. The highest BCUT2D eigenvalue weighted by Crippen LogP contribution is 2.25. The molecule has 1 atom stereocenters. The second-order valence-electron chi connectivity index (χ2n) is 11.9. The molecule has 0 aliphatic carbocycles. The molecule has 3 rings (SSSR count). The third-order valence-electron chi connectivity index (χ3n) is 7.14. The van der Waals surface area contributed by atoms with Gasteiger partial charge in [-0.15, -0.1) is 0 Å². The average Bonchev–Trinajstić information content (AvgIpc) is 2.91. The number of aryl methyl sites for hydroxylation is 1. The maximum absolute atomic E-state index is 13.6. The molecule has 0 fully saturated rings. The van der Waals surface area contributed by atoms with Crippen LogP contribution in [0.3, 0.4) is 0 Å². The van der Waals surface area contributed by atoms with E-state index in [9.17, 15) is 19.2 Å². The Morgan fingerprint density at radius 1 is 0.905 bits per heavy atom. The largest absolute Gasteiger partial charge is 0.497 e. The highest BCUT2D eigenvalue weighted by molar-refractivity contribution is 5.97. The molecule has 1 heterocycles. The molecule has 0 bridgehead atoms. The van der Waals surface area contributed by atoms with Crippen molar-refractivity contribution < 1.29 is 23.9 Å². The first kappa shape index (κ1) is 32.1. The summed E-state index contributed by atoms with van der Waals surface area (Å²) in [6, 6.07) is 15.4. The summed E-state index contributed by atoms with van der Waals surface area (Å²) in [6.45, 7) is 12.5. The molecule has 0 aliphatic heterocycles. The lowest BCUT2D eigenvalue weighted by Gasteiger charge is -2.24. The monoisotopic (exact) mass is 575 g/mol. The third kappa shape index (κ3) is 8.31. The van der Waals surface area contributed by atoms with Gasteiger partial charge in [-0.25, -0.2) is 4.79 Å². The molecule has 2 aromatic carbocycles. The first-order valence-electron chi connectivity index (χ1n) is 13.8. The zero-order chi connectivity index (χ0) is 31.2. The summed E-state index contributed by atoms with van der Waals surface area (Å²) >= 11 is 0. The zero-order valence-electron chi connectivity index (χ0n) is 25.7. The van der Waals surface area contributed by atoms with E-state index in [1.807, 2.05) is 62.4 Å². The fraction of sp³-hybridized carbons (Fsp3) is 0.394. The van der Waals surface area contributed by atoms with E-state index in [-0.39, 0.29) is 23.5 Å². The van der Waals surface area contributed by atoms with Gasteiger partial charge in [0.15, 0.2) is 0 Å². The van der Waals surface area contributed by atoms with Crippen molar-refractivity contribution in [1.29, 1.82) is 0 Å². The van der Waals surface area contributed by atoms with E-state index >= 15 is 0 Å². The smallest absolute Gasteiger partial charge is 0.408 e. The number of ketones is 1. The van der Waals surface area contributed by atoms with Gasteiger partial charge in [-0.05, 0) is 88.9 Å². The number of pyridine rings is 1. The number of benzene rings is 2. The molecule has 3 aromatic rings. The fourth-order valence-corrected chi connectivity index (χ4v) is 4.24. The number of Topliss-reactive ketones (excluding diaryl/α,β-unsaturated/α-hetero) is 1. The molecule has 9 nitrogen and oxygen atoms in total. The van der Waals surface area contributed by atoms with Crippen LogP contribution in [0.25, 0.3) is 0 Å². The van der Waals surface area contributed by atoms with Crippen molar-refractivity contribution in [3.8, 4) is 5.75 Å². The molecule has 0 spiro atoms. The quantitative estimate of drug-likeness (QED) is 0.345. The van der Waals surface area contributed by atoms with Gasteiger partial charge < -0.3 is 24.7 Å². The lowest BCUT2D eigenvalue weighted by molar-refractivity contribution is -0.121. The zero-order valence-corrected chi connectivity index (χ0v) is 25.7. The van der Waals surface area contributed by atoms with Gasteiger partial charge >= 0.3 is 6.09 Å². The minimum Gasteiger partial charge on any atom is -0.497 e. The van der Waals surface area contributed by atoms with Crippen LogP contribution in [0.1, 0.15) is 63.8 Å². The number of ether oxygens (including phenoxy) is 2. The lowest BCUT2D eigenvalue weighted by Crippen LogP contribution is -2.47. The van der Waals surface area contributed by atoms with E-state index in [0.29, 0.717) is 17.9 Å². The fourth-order valence-electron chi connectivity index (χ4n) is 4.24. The second-order valence-corrected chi connectivity index (χ2v) is 11.9. The van der Waals surface area contributed by atoms with Gasteiger partial charge in [0.2, 0.25) is 5.91 Å². The van der Waals surface area contributed by atoms with Crippen LogP contribution < -0.4 is 20.9 Å². The van der Waals surface area contributed by atoms with Gasteiger partial charge in [0.1, 0.15) is 28.9 Å². The Morgan fingerprint density at radius 2 is 1.50 bits per heavy atom. The van der Waals surface area contributed by atoms with E-state index in [1.54, 1.807) is 54.0 Å². The molecule has 42 heavy (non-hydrogen) atoms. The van der Waals surface area contributed by atoms with E-state index in [0.717, 1.165) is 16.7 Å². The summed E-state index contributed by atoms with van der Waals surface area (Å²) in [4.78, 5) is 51.8. The van der Waals surface area contributed by atoms with Crippen LogP contribution in [-0.4, -0.2) is 41.1 Å². The lowest BCUT2D eigenvalue weighted by atomic mass is 9.81. The second kappa shape index (κ2) is 13.1. The van der Waals surface area contributed by atoms with Crippen molar-refractivity contribution in [2.24, 2.45) is 0 Å². The number of hydrogen-bond donors (Lipinski definition) is 2. The highest BCUT2D eigenvalue weighted by Gasteiger charge is 2.28. The van der Waals surface area contributed by atoms with Crippen molar-refractivity contribution in [3.05, 3.63) is 93.4 Å². The third-order valence-corrected chi connectivity index (χ3v) is 7.14. The number of methoxy groups -OCH3 is 1. The van der Waals surface area contributed by atoms with E-state index < -0.39 is 29.1 Å². The molecule has 0 saturated carbocycles. The standard InChI is InChI=1S/C33H41N3O6/c1-21-17-18-36(20-24-11-15-26(41-8)16-12-24)30(39)28(21)35-29(38)27(34-31(40)42-32(3,4)5)19-23-9-13-25(14-10-23)33(6,7)22(2)37/h9-18,27H,19-20H2,1-8H3,(H,34,40)(H,35,38)/t27-/m0/s1. The van der Waals surface area contributed by atoms with E-state index in [2.05, 4.69) is 10.6 Å². The predicted octanol–water partition coefficient (Wildman–Crippen LogP) is 5.15. The van der Waals surface area contributed by atoms with Gasteiger partial charge in [-0.3, -0.25) is 14.4 Å². The number of anilines is 1. The summed E-state index contributed by atoms with van der Waals surface area (Å²) in [5.74, 6) is 0.190. The van der Waals surface area contributed by atoms with Crippen molar-refractivity contribution in [1.82, 2.24) is 9.88 Å². The van der Waals surface area contributed by atoms with Crippen molar-refractivity contribution >= 4 is 23.5 Å². The predicted molar refractivity (Wildman–Crippen MR) is 163 cm³/mol. The topological polar surface area (TPSA) is 116 Å². The molecule has 0 aliphatic rings. The van der Waals surface area contributed by atoms with Crippen LogP contribution in [0.5, 0.6) is 5.75 Å². The first-order valence-corrected chi connectivity index (χ1v) is 13.8. The molecule has 2 amide bonds. The summed E-state index contributed by atoms with van der Waals surface area (Å²) in [7, 11) is 1.59. The van der Waals surface area contributed by atoms with Crippen LogP contribution >= 0.6 is 0 Å². The molecule has 0 unspecified atom stereocenters. The highest BCUT2D eigenvalue weighted by atomic mass is 16.6. The van der Waals surface area contributed by atoms with Gasteiger partial charge in [0, 0.05) is 18.0 Å². The molecule has 0 saturated heterocycles. The number of alkyl carbamates (subject to hydrolysis) is 1. The number of carbonyl (C=O) groups is 3. The van der Waals surface area contributed by atoms with Gasteiger partial charge in [0.05, 0.1) is 13.7 Å².